The Labute approximate surface area is 132 Å². The molecule has 0 spiro atoms. The van der Waals surface area contributed by atoms with Crippen molar-refractivity contribution < 1.29 is 14.3 Å². The van der Waals surface area contributed by atoms with Crippen molar-refractivity contribution >= 4 is 11.8 Å². The zero-order valence-electron chi connectivity index (χ0n) is 14.0. The number of benzene rings is 1. The highest BCUT2D eigenvalue weighted by Crippen LogP contribution is 2.53. The predicted octanol–water partition coefficient (Wildman–Crippen LogP) is 3.42. The predicted molar refractivity (Wildman–Crippen MR) is 87.4 cm³/mol. The van der Waals surface area contributed by atoms with E-state index in [0.717, 1.165) is 18.4 Å². The van der Waals surface area contributed by atoms with Gasteiger partial charge in [0.05, 0.1) is 12.8 Å². The Morgan fingerprint density at radius 1 is 1.36 bits per heavy atom. The van der Waals surface area contributed by atoms with Gasteiger partial charge >= 0.3 is 6.09 Å². The second-order valence-electron chi connectivity index (χ2n) is 6.98. The molecule has 1 aromatic carbocycles. The zero-order valence-corrected chi connectivity index (χ0v) is 14.0. The van der Waals surface area contributed by atoms with Crippen molar-refractivity contribution in [1.29, 1.82) is 0 Å². The first-order valence-electron chi connectivity index (χ1n) is 7.62. The van der Waals surface area contributed by atoms with Crippen LogP contribution in [-0.4, -0.2) is 24.8 Å². The molecule has 0 aromatic heterocycles. The summed E-state index contributed by atoms with van der Waals surface area (Å²) in [6.07, 6.45) is 1.59. The van der Waals surface area contributed by atoms with Crippen LogP contribution in [0.4, 0.5) is 10.5 Å². The molecule has 1 aromatic rings. The van der Waals surface area contributed by atoms with E-state index in [9.17, 15) is 4.79 Å². The van der Waals surface area contributed by atoms with Crippen LogP contribution in [0, 0.1) is 0 Å². The topological polar surface area (TPSA) is 73.6 Å². The molecule has 1 saturated carbocycles. The largest absolute Gasteiger partial charge is 0.497 e. The van der Waals surface area contributed by atoms with Gasteiger partial charge in [-0.25, -0.2) is 4.79 Å². The van der Waals surface area contributed by atoms with Crippen molar-refractivity contribution in [3.05, 3.63) is 23.8 Å². The quantitative estimate of drug-likeness (QED) is 0.894. The van der Waals surface area contributed by atoms with Gasteiger partial charge in [0.2, 0.25) is 0 Å². The maximum absolute atomic E-state index is 12.1. The smallest absolute Gasteiger partial charge is 0.412 e. The number of nitrogens with one attached hydrogen (secondary N) is 1. The monoisotopic (exact) mass is 306 g/mol. The Bertz CT molecular complexity index is 558. The lowest BCUT2D eigenvalue weighted by Crippen LogP contribution is -2.33. The minimum Gasteiger partial charge on any atom is -0.497 e. The highest BCUT2D eigenvalue weighted by atomic mass is 16.6. The summed E-state index contributed by atoms with van der Waals surface area (Å²) in [6, 6.07) is 5.74. The minimum atomic E-state index is -0.540. The molecule has 0 aliphatic heterocycles. The number of hydrogen-bond donors (Lipinski definition) is 2. The van der Waals surface area contributed by atoms with Crippen LogP contribution in [0.1, 0.15) is 46.1 Å². The first-order valence-corrected chi connectivity index (χ1v) is 7.62. The third kappa shape index (κ3) is 3.53. The van der Waals surface area contributed by atoms with E-state index in [0.29, 0.717) is 11.4 Å². The highest BCUT2D eigenvalue weighted by Gasteiger charge is 2.48. The number of methoxy groups -OCH3 is 1. The van der Waals surface area contributed by atoms with Crippen molar-refractivity contribution in [2.75, 3.05) is 12.4 Å². The Balaban J connectivity index is 2.30. The van der Waals surface area contributed by atoms with E-state index in [2.05, 4.69) is 5.32 Å². The van der Waals surface area contributed by atoms with Crippen LogP contribution in [0.25, 0.3) is 0 Å². The zero-order chi connectivity index (χ0) is 16.5. The van der Waals surface area contributed by atoms with Gasteiger partial charge in [0, 0.05) is 17.5 Å². The van der Waals surface area contributed by atoms with Gasteiger partial charge in [-0.15, -0.1) is 0 Å². The molecule has 0 saturated heterocycles. The molecule has 1 unspecified atom stereocenters. The number of anilines is 1. The summed E-state index contributed by atoms with van der Waals surface area (Å²) in [7, 11) is 1.60. The van der Waals surface area contributed by atoms with E-state index in [1.165, 1.54) is 0 Å². The Morgan fingerprint density at radius 2 is 2.00 bits per heavy atom. The average molecular weight is 306 g/mol. The van der Waals surface area contributed by atoms with Crippen molar-refractivity contribution in [3.8, 4) is 5.75 Å². The van der Waals surface area contributed by atoms with Gasteiger partial charge in [0.15, 0.2) is 0 Å². The molecule has 1 fully saturated rings. The van der Waals surface area contributed by atoms with Crippen LogP contribution in [-0.2, 0) is 10.2 Å². The van der Waals surface area contributed by atoms with E-state index in [4.69, 9.17) is 15.2 Å². The molecule has 22 heavy (non-hydrogen) atoms. The van der Waals surface area contributed by atoms with E-state index in [-0.39, 0.29) is 11.5 Å². The molecular weight excluding hydrogens is 280 g/mol. The molecular formula is C17H26N2O3. The van der Waals surface area contributed by atoms with Crippen molar-refractivity contribution in [1.82, 2.24) is 0 Å². The van der Waals surface area contributed by atoms with Gasteiger partial charge in [-0.2, -0.15) is 0 Å². The van der Waals surface area contributed by atoms with Gasteiger partial charge in [-0.3, -0.25) is 5.32 Å². The third-order valence-corrected chi connectivity index (χ3v) is 4.06. The molecule has 0 radical (unpaired) electrons. The Morgan fingerprint density at radius 3 is 2.45 bits per heavy atom. The molecule has 3 N–H and O–H groups in total. The number of rotatable bonds is 4. The van der Waals surface area contributed by atoms with E-state index in [1.54, 1.807) is 7.11 Å². The average Bonchev–Trinajstić information content (AvgIpc) is 3.17. The second kappa shape index (κ2) is 5.80. The van der Waals surface area contributed by atoms with E-state index < -0.39 is 11.7 Å². The fraction of sp³-hybridized carbons (Fsp3) is 0.588. The maximum Gasteiger partial charge on any atom is 0.412 e. The fourth-order valence-corrected chi connectivity index (χ4v) is 2.71. The van der Waals surface area contributed by atoms with Crippen LogP contribution >= 0.6 is 0 Å². The number of carbonyl (C=O) groups excluding carboxylic acids is 1. The SMILES string of the molecule is COc1ccc(C2(C(C)N)CC2)c(NC(=O)OC(C)(C)C)c1. The summed E-state index contributed by atoms with van der Waals surface area (Å²) < 4.78 is 10.6. The first kappa shape index (κ1) is 16.6. The first-order chi connectivity index (χ1) is 10.2. The van der Waals surface area contributed by atoms with Crippen LogP contribution in [0.3, 0.4) is 0 Å². The van der Waals surface area contributed by atoms with E-state index in [1.807, 2.05) is 45.9 Å². The molecule has 122 valence electrons. The summed E-state index contributed by atoms with van der Waals surface area (Å²) in [4.78, 5) is 12.1. The van der Waals surface area contributed by atoms with Crippen LogP contribution in [0.15, 0.2) is 18.2 Å². The van der Waals surface area contributed by atoms with Crippen LogP contribution < -0.4 is 15.8 Å². The summed E-state index contributed by atoms with van der Waals surface area (Å²) in [5.41, 5.74) is 7.32. The van der Waals surface area contributed by atoms with Crippen molar-refractivity contribution in [3.63, 3.8) is 0 Å². The normalized spacial score (nSPS) is 17.5. The summed E-state index contributed by atoms with van der Waals surface area (Å²) in [5, 5.41) is 2.85. The summed E-state index contributed by atoms with van der Waals surface area (Å²) in [6.45, 7) is 7.52. The molecule has 0 bridgehead atoms. The molecule has 1 aliphatic carbocycles. The van der Waals surface area contributed by atoms with Crippen LogP contribution in [0.2, 0.25) is 0 Å². The summed E-state index contributed by atoms with van der Waals surface area (Å²) in [5.74, 6) is 0.690. The molecule has 1 amide bonds. The maximum atomic E-state index is 12.1. The van der Waals surface area contributed by atoms with Crippen molar-refractivity contribution in [2.24, 2.45) is 5.73 Å². The minimum absolute atomic E-state index is 0.0279. The number of amides is 1. The van der Waals surface area contributed by atoms with Gasteiger partial charge in [-0.1, -0.05) is 6.07 Å². The van der Waals surface area contributed by atoms with Gasteiger partial charge in [-0.05, 0) is 52.2 Å². The van der Waals surface area contributed by atoms with Crippen LogP contribution in [0.5, 0.6) is 5.75 Å². The Hall–Kier alpha value is -1.75. The number of carbonyl (C=O) groups is 1. The highest BCUT2D eigenvalue weighted by molar-refractivity contribution is 5.87. The van der Waals surface area contributed by atoms with Gasteiger partial charge in [0.25, 0.3) is 0 Å². The molecule has 1 aliphatic rings. The molecule has 1 atom stereocenters. The number of hydrogen-bond acceptors (Lipinski definition) is 4. The fourth-order valence-electron chi connectivity index (χ4n) is 2.71. The van der Waals surface area contributed by atoms with Gasteiger partial charge in [0.1, 0.15) is 11.4 Å². The lowest BCUT2D eigenvalue weighted by molar-refractivity contribution is 0.0635. The van der Waals surface area contributed by atoms with Crippen molar-refractivity contribution in [2.45, 2.75) is 57.6 Å². The molecule has 5 heteroatoms. The molecule has 2 rings (SSSR count). The standard InChI is InChI=1S/C17H26N2O3/c1-11(18)17(8-9-17)13-7-6-12(21-5)10-14(13)19-15(20)22-16(2,3)4/h6-7,10-11H,8-9,18H2,1-5H3,(H,19,20). The third-order valence-electron chi connectivity index (χ3n) is 4.06. The lowest BCUT2D eigenvalue weighted by atomic mass is 9.88. The molecule has 5 nitrogen and oxygen atoms in total. The number of ether oxygens (including phenoxy) is 2. The molecule has 0 heterocycles. The summed E-state index contributed by atoms with van der Waals surface area (Å²) >= 11 is 0. The second-order valence-corrected chi connectivity index (χ2v) is 6.98. The Kier molecular flexibility index (Phi) is 4.38. The number of nitrogens with two attached hydrogens (primary N) is 1. The lowest BCUT2D eigenvalue weighted by Gasteiger charge is -2.25. The van der Waals surface area contributed by atoms with Gasteiger partial charge < -0.3 is 15.2 Å². The van der Waals surface area contributed by atoms with E-state index >= 15 is 0 Å².